The summed E-state index contributed by atoms with van der Waals surface area (Å²) >= 11 is 0. The van der Waals surface area contributed by atoms with Crippen LogP contribution < -0.4 is 30.2 Å². The maximum Gasteiger partial charge on any atom is 0.324 e. The van der Waals surface area contributed by atoms with Gasteiger partial charge in [0, 0.05) is 64.9 Å². The fourth-order valence-corrected chi connectivity index (χ4v) is 5.79. The minimum atomic E-state index is -0.407. The number of nitrogens with zero attached hydrogens (tertiary/aromatic N) is 5. The van der Waals surface area contributed by atoms with Crippen LogP contribution in [0.1, 0.15) is 32.0 Å². The average molecular weight is 789 g/mol. The van der Waals surface area contributed by atoms with Crippen LogP contribution in [0.5, 0.6) is 23.1 Å². The molecule has 4 aromatic carbocycles. The first kappa shape index (κ1) is 41.4. The number of aromatic nitrogens is 4. The van der Waals surface area contributed by atoms with Crippen molar-refractivity contribution >= 4 is 39.9 Å². The number of methoxy groups -OCH3 is 1. The lowest BCUT2D eigenvalue weighted by Crippen LogP contribution is -2.21. The highest BCUT2D eigenvalue weighted by molar-refractivity contribution is 6.07. The van der Waals surface area contributed by atoms with Gasteiger partial charge in [-0.15, -0.1) is 0 Å². The van der Waals surface area contributed by atoms with Crippen molar-refractivity contribution in [3.05, 3.63) is 108 Å². The molecule has 0 bridgehead atoms. The summed E-state index contributed by atoms with van der Waals surface area (Å²) < 4.78 is 30.7. The molecule has 3 N–H and O–H groups in total. The Morgan fingerprint density at radius 3 is 2.28 bits per heavy atom. The van der Waals surface area contributed by atoms with Gasteiger partial charge in [-0.25, -0.2) is 14.5 Å². The van der Waals surface area contributed by atoms with Crippen molar-refractivity contribution in [3.63, 3.8) is 0 Å². The number of hydrogen-bond acceptors (Lipinski definition) is 11. The van der Waals surface area contributed by atoms with E-state index < -0.39 is 6.03 Å². The highest BCUT2D eigenvalue weighted by atomic mass is 16.5. The first-order valence-corrected chi connectivity index (χ1v) is 19.1. The number of nitrogens with one attached hydrogen (secondary N) is 3. The Balaban J connectivity index is 1.10. The van der Waals surface area contributed by atoms with Gasteiger partial charge in [0.1, 0.15) is 29.7 Å². The molecule has 14 nitrogen and oxygen atoms in total. The number of benzene rings is 4. The summed E-state index contributed by atoms with van der Waals surface area (Å²) in [5, 5.41) is 15.7. The molecule has 0 aliphatic heterocycles. The fourth-order valence-electron chi connectivity index (χ4n) is 5.79. The summed E-state index contributed by atoms with van der Waals surface area (Å²) in [5.74, 6) is 2.94. The van der Waals surface area contributed by atoms with Crippen LogP contribution in [0.3, 0.4) is 0 Å². The molecule has 0 unspecified atom stereocenters. The Morgan fingerprint density at radius 1 is 0.810 bits per heavy atom. The smallest absolute Gasteiger partial charge is 0.324 e. The molecule has 2 aromatic heterocycles. The lowest BCUT2D eigenvalue weighted by Gasteiger charge is -2.15. The van der Waals surface area contributed by atoms with E-state index in [0.717, 1.165) is 34.3 Å². The van der Waals surface area contributed by atoms with E-state index in [2.05, 4.69) is 51.6 Å². The van der Waals surface area contributed by atoms with Crippen LogP contribution in [0, 0.1) is 6.92 Å². The predicted molar refractivity (Wildman–Crippen MR) is 228 cm³/mol. The van der Waals surface area contributed by atoms with E-state index in [1.165, 1.54) is 0 Å². The molecule has 2 amide bonds. The van der Waals surface area contributed by atoms with Crippen LogP contribution in [-0.4, -0.2) is 91.5 Å². The Morgan fingerprint density at radius 2 is 1.53 bits per heavy atom. The van der Waals surface area contributed by atoms with Crippen LogP contribution in [0.4, 0.5) is 27.9 Å². The van der Waals surface area contributed by atoms with E-state index in [9.17, 15) is 4.79 Å². The minimum absolute atomic E-state index is 0.221. The number of rotatable bonds is 18. The van der Waals surface area contributed by atoms with Crippen LogP contribution >= 0.6 is 0 Å². The second kappa shape index (κ2) is 19.3. The average Bonchev–Trinajstić information content (AvgIpc) is 3.62. The molecule has 14 heteroatoms. The van der Waals surface area contributed by atoms with Crippen LogP contribution in [0.2, 0.25) is 0 Å². The molecule has 6 rings (SSSR count). The van der Waals surface area contributed by atoms with Gasteiger partial charge >= 0.3 is 6.03 Å². The molecule has 0 spiro atoms. The van der Waals surface area contributed by atoms with Crippen molar-refractivity contribution in [2.75, 3.05) is 76.7 Å². The van der Waals surface area contributed by atoms with Crippen molar-refractivity contribution in [2.24, 2.45) is 0 Å². The lowest BCUT2D eigenvalue weighted by atomic mass is 9.92. The summed E-state index contributed by atoms with van der Waals surface area (Å²) in [6, 6.07) is 27.9. The SMILES string of the molecule is COc1cc(Nc2nccc(Oc3ccc(NC(=O)Nc4cc(C(C)(C)C)nn4-c4ccc(C)cc4)c4ccccc34)n2)cc(OCCOCCOCCN(C)C)c1. The minimum Gasteiger partial charge on any atom is -0.497 e. The summed E-state index contributed by atoms with van der Waals surface area (Å²) in [6.07, 6.45) is 1.61. The summed E-state index contributed by atoms with van der Waals surface area (Å²) in [7, 11) is 5.61. The Hall–Kier alpha value is -6.22. The van der Waals surface area contributed by atoms with Gasteiger partial charge in [0.2, 0.25) is 11.8 Å². The Labute approximate surface area is 339 Å². The molecule has 0 atom stereocenters. The number of anilines is 4. The largest absolute Gasteiger partial charge is 0.497 e. The van der Waals surface area contributed by atoms with Gasteiger partial charge in [-0.05, 0) is 45.3 Å². The molecule has 2 heterocycles. The quantitative estimate of drug-likeness (QED) is 0.0720. The molecule has 0 aliphatic carbocycles. The standard InChI is InChI=1S/C44H52N8O6/c1-30-12-14-32(15-13-30)52-40(29-39(50-52)44(2,3)4)48-43(53)47-37-16-17-38(36-11-9-8-10-35(36)37)58-41-18-19-45-42(49-41)46-31-26-33(54-7)28-34(27-31)57-25-24-56-23-22-55-21-20-51(5)6/h8-19,26-29H,20-25H2,1-7H3,(H,45,46,49)(H2,47,48,53). The highest BCUT2D eigenvalue weighted by Crippen LogP contribution is 2.35. The topological polar surface area (TPSA) is 146 Å². The number of ether oxygens (including phenoxy) is 5. The molecular weight excluding hydrogens is 737 g/mol. The van der Waals surface area contributed by atoms with E-state index >= 15 is 0 Å². The van der Waals surface area contributed by atoms with Gasteiger partial charge in [0.05, 0.1) is 50.6 Å². The number of aryl methyl sites for hydroxylation is 1. The van der Waals surface area contributed by atoms with E-state index in [-0.39, 0.29) is 5.41 Å². The maximum atomic E-state index is 13.5. The number of hydrogen-bond donors (Lipinski definition) is 3. The molecular formula is C44H52N8O6. The number of likely N-dealkylation sites (N-methyl/N-ethyl adjacent to an activating group) is 1. The van der Waals surface area contributed by atoms with Crippen molar-refractivity contribution in [1.82, 2.24) is 24.6 Å². The normalized spacial score (nSPS) is 11.4. The first-order chi connectivity index (χ1) is 27.9. The van der Waals surface area contributed by atoms with Gasteiger partial charge in [0.25, 0.3) is 0 Å². The van der Waals surface area contributed by atoms with Crippen LogP contribution in [0.25, 0.3) is 16.5 Å². The Kier molecular flexibility index (Phi) is 13.8. The van der Waals surface area contributed by atoms with Crippen molar-refractivity contribution in [3.8, 4) is 28.8 Å². The molecule has 58 heavy (non-hydrogen) atoms. The Bertz CT molecular complexity index is 2290. The van der Waals surface area contributed by atoms with Crippen LogP contribution in [0.15, 0.2) is 97.2 Å². The highest BCUT2D eigenvalue weighted by Gasteiger charge is 2.22. The third-order valence-corrected chi connectivity index (χ3v) is 8.90. The molecule has 0 fully saturated rings. The maximum absolute atomic E-state index is 13.5. The number of carbonyl (C=O) groups is 1. The molecule has 0 saturated carbocycles. The zero-order chi connectivity index (χ0) is 41.1. The van der Waals surface area contributed by atoms with Gasteiger partial charge < -0.3 is 39.2 Å². The van der Waals surface area contributed by atoms with Gasteiger partial charge in [-0.3, -0.25) is 5.32 Å². The monoisotopic (exact) mass is 788 g/mol. The third-order valence-electron chi connectivity index (χ3n) is 8.90. The van der Waals surface area contributed by atoms with Gasteiger partial charge in [0.15, 0.2) is 0 Å². The van der Waals surface area contributed by atoms with E-state index in [1.807, 2.05) is 87.7 Å². The predicted octanol–water partition coefficient (Wildman–Crippen LogP) is 8.58. The van der Waals surface area contributed by atoms with Gasteiger partial charge in [-0.1, -0.05) is 62.7 Å². The van der Waals surface area contributed by atoms with Gasteiger partial charge in [-0.2, -0.15) is 10.1 Å². The third kappa shape index (κ3) is 11.4. The number of amides is 2. The van der Waals surface area contributed by atoms with E-state index in [4.69, 9.17) is 28.8 Å². The van der Waals surface area contributed by atoms with Crippen molar-refractivity contribution in [1.29, 1.82) is 0 Å². The van der Waals surface area contributed by atoms with E-state index in [1.54, 1.807) is 42.3 Å². The van der Waals surface area contributed by atoms with Crippen LogP contribution in [-0.2, 0) is 14.9 Å². The number of carbonyl (C=O) groups excluding carboxylic acids is 1. The molecule has 0 saturated heterocycles. The molecule has 0 radical (unpaired) electrons. The second-order valence-corrected chi connectivity index (χ2v) is 14.9. The van der Waals surface area contributed by atoms with E-state index in [0.29, 0.717) is 79.3 Å². The zero-order valence-corrected chi connectivity index (χ0v) is 34.2. The molecule has 304 valence electrons. The fraction of sp³-hybridized carbons (Fsp3) is 0.318. The molecule has 6 aromatic rings. The van der Waals surface area contributed by atoms with Crippen molar-refractivity contribution < 1.29 is 28.5 Å². The zero-order valence-electron chi connectivity index (χ0n) is 34.2. The number of fused-ring (bicyclic) bond motifs is 1. The molecule has 0 aliphatic rings. The number of urea groups is 1. The summed E-state index contributed by atoms with van der Waals surface area (Å²) in [5.41, 5.74) is 3.88. The second-order valence-electron chi connectivity index (χ2n) is 14.9. The van der Waals surface area contributed by atoms with Crippen molar-refractivity contribution in [2.45, 2.75) is 33.1 Å². The lowest BCUT2D eigenvalue weighted by molar-refractivity contribution is 0.0324. The summed E-state index contributed by atoms with van der Waals surface area (Å²) in [6.45, 7) is 11.6. The first-order valence-electron chi connectivity index (χ1n) is 19.1. The summed E-state index contributed by atoms with van der Waals surface area (Å²) in [4.78, 5) is 24.6.